The Labute approximate surface area is 118 Å². The van der Waals surface area contributed by atoms with Crippen LogP contribution in [0.3, 0.4) is 0 Å². The third-order valence-corrected chi connectivity index (χ3v) is 3.26. The summed E-state index contributed by atoms with van der Waals surface area (Å²) in [7, 11) is 0. The summed E-state index contributed by atoms with van der Waals surface area (Å²) in [6, 6.07) is 12.4. The topological polar surface area (TPSA) is 43.5 Å². The highest BCUT2D eigenvalue weighted by molar-refractivity contribution is 5.84. The molecule has 4 heteroatoms. The van der Waals surface area contributed by atoms with Gasteiger partial charge < -0.3 is 9.47 Å². The second-order valence-corrected chi connectivity index (χ2v) is 4.63. The van der Waals surface area contributed by atoms with Gasteiger partial charge in [-0.2, -0.15) is 9.78 Å². The zero-order chi connectivity index (χ0) is 13.9. The average Bonchev–Trinajstić information content (AvgIpc) is 3.30. The molecule has 0 radical (unpaired) electrons. The monoisotopic (exact) mass is 274 g/mol. The van der Waals surface area contributed by atoms with Crippen molar-refractivity contribution in [1.29, 1.82) is 0 Å². The van der Waals surface area contributed by atoms with Crippen LogP contribution >= 0.6 is 0 Å². The average molecular weight is 274 g/mol. The molecule has 0 bridgehead atoms. The molecule has 0 N–H and O–H groups in total. The van der Waals surface area contributed by atoms with Gasteiger partial charge in [-0.15, -0.1) is 0 Å². The van der Waals surface area contributed by atoms with Gasteiger partial charge in [0.05, 0.1) is 0 Å². The Morgan fingerprint density at radius 3 is 2.25 bits per heavy atom. The molecule has 0 spiro atoms. The third kappa shape index (κ3) is 2.83. The fraction of sp³-hybridized carbons (Fsp3) is 0.375. The van der Waals surface area contributed by atoms with Crippen LogP contribution in [-0.4, -0.2) is 13.2 Å². The molecule has 2 aromatic carbocycles. The van der Waals surface area contributed by atoms with Crippen LogP contribution in [0, 0.1) is 0 Å². The Morgan fingerprint density at radius 1 is 0.950 bits per heavy atom. The van der Waals surface area contributed by atoms with Crippen LogP contribution in [0.4, 0.5) is 0 Å². The molecule has 0 amide bonds. The molecule has 106 valence electrons. The summed E-state index contributed by atoms with van der Waals surface area (Å²) in [4.78, 5) is 9.66. The molecule has 1 aliphatic heterocycles. The van der Waals surface area contributed by atoms with E-state index in [2.05, 4.69) is 24.3 Å². The molecule has 2 aromatic rings. The van der Waals surface area contributed by atoms with Crippen LogP contribution in [0.2, 0.25) is 0 Å². The van der Waals surface area contributed by atoms with E-state index in [-0.39, 0.29) is 12.6 Å². The van der Waals surface area contributed by atoms with Crippen LogP contribution < -0.4 is 0 Å². The van der Waals surface area contributed by atoms with Crippen molar-refractivity contribution in [3.05, 3.63) is 47.5 Å². The summed E-state index contributed by atoms with van der Waals surface area (Å²) >= 11 is 0. The second-order valence-electron chi connectivity index (χ2n) is 4.63. The van der Waals surface area contributed by atoms with E-state index in [1.54, 1.807) is 0 Å². The minimum Gasteiger partial charge on any atom is -0.349 e. The van der Waals surface area contributed by atoms with Gasteiger partial charge >= 0.3 is 0 Å². The van der Waals surface area contributed by atoms with Crippen LogP contribution in [0.25, 0.3) is 10.8 Å². The van der Waals surface area contributed by atoms with Gasteiger partial charge in [0.2, 0.25) is 6.29 Å². The molecule has 0 aromatic heterocycles. The summed E-state index contributed by atoms with van der Waals surface area (Å²) < 4.78 is 11.3. The highest BCUT2D eigenvalue weighted by Gasteiger charge is 2.28. The normalized spacial score (nSPS) is 15.2. The van der Waals surface area contributed by atoms with Crippen molar-refractivity contribution in [3.8, 4) is 0 Å². The Kier molecular flexibility index (Phi) is 3.98. The zero-order valence-corrected chi connectivity index (χ0v) is 11.7. The Bertz CT molecular complexity index is 586. The van der Waals surface area contributed by atoms with Crippen molar-refractivity contribution in [2.75, 3.05) is 13.2 Å². The lowest BCUT2D eigenvalue weighted by Gasteiger charge is -2.17. The summed E-state index contributed by atoms with van der Waals surface area (Å²) in [6.07, 6.45) is -0.497. The van der Waals surface area contributed by atoms with Crippen molar-refractivity contribution >= 4 is 10.8 Å². The lowest BCUT2D eigenvalue weighted by molar-refractivity contribution is -0.140. The minimum absolute atomic E-state index is 0.196. The van der Waals surface area contributed by atoms with E-state index in [9.17, 15) is 0 Å². The van der Waals surface area contributed by atoms with E-state index in [0.29, 0.717) is 13.2 Å². The summed E-state index contributed by atoms with van der Waals surface area (Å²) in [6.45, 7) is 5.18. The number of hydrogen-bond donors (Lipinski definition) is 0. The van der Waals surface area contributed by atoms with Gasteiger partial charge in [-0.1, -0.05) is 24.3 Å². The second kappa shape index (κ2) is 5.89. The maximum absolute atomic E-state index is 5.63. The van der Waals surface area contributed by atoms with E-state index in [1.807, 2.05) is 26.0 Å². The Balaban J connectivity index is 1.90. The lowest BCUT2D eigenvalue weighted by atomic mass is 10.0. The number of benzene rings is 2. The van der Waals surface area contributed by atoms with Gasteiger partial charge in [0.15, 0.2) is 6.29 Å². The number of hydrogen-bond acceptors (Lipinski definition) is 4. The van der Waals surface area contributed by atoms with E-state index in [0.717, 1.165) is 21.9 Å². The first-order valence-electron chi connectivity index (χ1n) is 6.90. The molecule has 0 aliphatic carbocycles. The quantitative estimate of drug-likeness (QED) is 0.455. The van der Waals surface area contributed by atoms with Crippen molar-refractivity contribution in [3.63, 3.8) is 0 Å². The molecule has 0 atom stereocenters. The molecule has 1 aliphatic rings. The number of fused-ring (bicyclic) bond motifs is 1. The highest BCUT2D eigenvalue weighted by atomic mass is 17.4. The van der Waals surface area contributed by atoms with E-state index < -0.39 is 0 Å². The fourth-order valence-electron chi connectivity index (χ4n) is 2.26. The lowest BCUT2D eigenvalue weighted by Crippen LogP contribution is -2.08. The largest absolute Gasteiger partial charge is 0.349 e. The smallest absolute Gasteiger partial charge is 0.249 e. The molecule has 1 fully saturated rings. The Hall–Kier alpha value is -1.46. The predicted octanol–water partition coefficient (Wildman–Crippen LogP) is 3.87. The van der Waals surface area contributed by atoms with Crippen molar-refractivity contribution in [1.82, 2.24) is 0 Å². The van der Waals surface area contributed by atoms with E-state index in [1.165, 1.54) is 0 Å². The zero-order valence-electron chi connectivity index (χ0n) is 11.7. The number of rotatable bonds is 6. The van der Waals surface area contributed by atoms with Crippen LogP contribution in [0.1, 0.15) is 37.6 Å². The highest BCUT2D eigenvalue weighted by Crippen LogP contribution is 2.34. The van der Waals surface area contributed by atoms with Crippen LogP contribution in [-0.2, 0) is 19.2 Å². The van der Waals surface area contributed by atoms with Crippen molar-refractivity contribution in [2.45, 2.75) is 26.4 Å². The van der Waals surface area contributed by atoms with Gasteiger partial charge in [0.1, 0.15) is 0 Å². The fourth-order valence-corrected chi connectivity index (χ4v) is 2.26. The molecular weight excluding hydrogens is 256 g/mol. The molecule has 4 nitrogen and oxygen atoms in total. The van der Waals surface area contributed by atoms with Gasteiger partial charge in [0, 0.05) is 24.3 Å². The maximum atomic E-state index is 5.63. The first kappa shape index (κ1) is 13.5. The summed E-state index contributed by atoms with van der Waals surface area (Å²) in [5.74, 6) is 0. The molecule has 0 unspecified atom stereocenters. The first-order valence-corrected chi connectivity index (χ1v) is 6.90. The van der Waals surface area contributed by atoms with E-state index in [4.69, 9.17) is 19.2 Å². The molecule has 1 saturated heterocycles. The predicted molar refractivity (Wildman–Crippen MR) is 74.9 cm³/mol. The van der Waals surface area contributed by atoms with Gasteiger partial charge in [-0.25, -0.2) is 0 Å². The SMILES string of the molecule is CCOC(OCC)c1ccc2cc(C3OO3)ccc2c1. The molecular formula is C16H18O4. The third-order valence-electron chi connectivity index (χ3n) is 3.26. The maximum Gasteiger partial charge on any atom is 0.249 e. The Morgan fingerprint density at radius 2 is 1.60 bits per heavy atom. The molecule has 1 heterocycles. The molecule has 0 saturated carbocycles. The van der Waals surface area contributed by atoms with Gasteiger partial charge in [-0.05, 0) is 36.8 Å². The van der Waals surface area contributed by atoms with Crippen LogP contribution in [0.15, 0.2) is 36.4 Å². The standard InChI is InChI=1S/C16H18O4/c1-3-17-15(18-4-2)13-7-5-12-10-14(16-19-20-16)8-6-11(12)9-13/h5-10,15-16H,3-4H2,1-2H3. The van der Waals surface area contributed by atoms with Crippen molar-refractivity contribution < 1.29 is 19.2 Å². The van der Waals surface area contributed by atoms with Gasteiger partial charge in [0.25, 0.3) is 0 Å². The minimum atomic E-state index is -0.302. The van der Waals surface area contributed by atoms with Crippen LogP contribution in [0.5, 0.6) is 0 Å². The summed E-state index contributed by atoms with van der Waals surface area (Å²) in [5.41, 5.74) is 2.07. The number of ether oxygens (including phenoxy) is 2. The van der Waals surface area contributed by atoms with Gasteiger partial charge in [-0.3, -0.25) is 0 Å². The molecule has 3 rings (SSSR count). The molecule has 20 heavy (non-hydrogen) atoms. The first-order chi connectivity index (χ1) is 9.81. The van der Waals surface area contributed by atoms with E-state index >= 15 is 0 Å². The summed E-state index contributed by atoms with van der Waals surface area (Å²) in [5, 5.41) is 2.30. The van der Waals surface area contributed by atoms with Crippen molar-refractivity contribution in [2.24, 2.45) is 0 Å².